The second kappa shape index (κ2) is 7.70. The third-order valence-corrected chi connectivity index (χ3v) is 6.79. The Morgan fingerprint density at radius 1 is 1.36 bits per heavy atom. The van der Waals surface area contributed by atoms with E-state index in [0.29, 0.717) is 0 Å². The zero-order chi connectivity index (χ0) is 18.0. The average Bonchev–Trinajstić information content (AvgIpc) is 2.84. The number of hydrogen-bond acceptors (Lipinski definition) is 4. The van der Waals surface area contributed by atoms with Gasteiger partial charge in [-0.1, -0.05) is 36.9 Å². The van der Waals surface area contributed by atoms with E-state index in [2.05, 4.69) is 24.4 Å². The molecule has 25 heavy (non-hydrogen) atoms. The maximum atomic E-state index is 12.6. The number of carbonyl (C=O) groups excluding carboxylic acids is 2. The Balaban J connectivity index is 1.61. The van der Waals surface area contributed by atoms with Crippen molar-refractivity contribution in [2.45, 2.75) is 43.4 Å². The van der Waals surface area contributed by atoms with E-state index in [-0.39, 0.29) is 29.0 Å². The molecular formula is C19H22N2O2S2. The molecule has 0 radical (unpaired) electrons. The first-order chi connectivity index (χ1) is 12.0. The summed E-state index contributed by atoms with van der Waals surface area (Å²) < 4.78 is 0. The van der Waals surface area contributed by atoms with Gasteiger partial charge in [0.2, 0.25) is 11.8 Å². The fraction of sp³-hybridized carbons (Fsp3) is 0.368. The van der Waals surface area contributed by atoms with Gasteiger partial charge in [-0.3, -0.25) is 9.59 Å². The molecule has 0 aliphatic carbocycles. The van der Waals surface area contributed by atoms with E-state index >= 15 is 0 Å². The van der Waals surface area contributed by atoms with Crippen molar-refractivity contribution in [1.29, 1.82) is 0 Å². The summed E-state index contributed by atoms with van der Waals surface area (Å²) in [5, 5.41) is 4.76. The SMILES string of the molecule is CC(=O)N/C=C/SC1=C(C)N2C(=O)[C@H]([C@H](C)Sc3ccccc3)[C@H]2C1. The lowest BCUT2D eigenvalue weighted by Gasteiger charge is -2.46. The first kappa shape index (κ1) is 18.1. The highest BCUT2D eigenvalue weighted by Crippen LogP contribution is 2.49. The Kier molecular flexibility index (Phi) is 5.59. The molecule has 0 aromatic heterocycles. The van der Waals surface area contributed by atoms with E-state index in [0.717, 1.165) is 12.1 Å². The molecule has 0 bridgehead atoms. The number of fused-ring (bicyclic) bond motifs is 1. The first-order valence-electron chi connectivity index (χ1n) is 8.32. The smallest absolute Gasteiger partial charge is 0.233 e. The van der Waals surface area contributed by atoms with Crippen molar-refractivity contribution < 1.29 is 9.59 Å². The summed E-state index contributed by atoms with van der Waals surface area (Å²) in [6.07, 6.45) is 2.55. The Morgan fingerprint density at radius 3 is 2.76 bits per heavy atom. The van der Waals surface area contributed by atoms with Gasteiger partial charge in [-0.05, 0) is 24.5 Å². The van der Waals surface area contributed by atoms with Gasteiger partial charge in [0.15, 0.2) is 0 Å². The standard InChI is InChI=1S/C19H22N2O2S2/c1-12-17(24-10-9-20-14(3)22)11-16-18(19(23)21(12)16)13(2)25-15-7-5-4-6-8-15/h4-10,13,16,18H,11H2,1-3H3,(H,20,22)/b10-9+/t13-,16+,18+/m0/s1. The summed E-state index contributed by atoms with van der Waals surface area (Å²) in [5.74, 6) is 0.220. The van der Waals surface area contributed by atoms with Gasteiger partial charge >= 0.3 is 0 Å². The summed E-state index contributed by atoms with van der Waals surface area (Å²) in [6.45, 7) is 5.64. The minimum atomic E-state index is -0.0835. The largest absolute Gasteiger partial charge is 0.332 e. The Morgan fingerprint density at radius 2 is 2.08 bits per heavy atom. The molecule has 0 spiro atoms. The minimum Gasteiger partial charge on any atom is -0.332 e. The van der Waals surface area contributed by atoms with E-state index in [1.807, 2.05) is 35.4 Å². The van der Waals surface area contributed by atoms with Crippen LogP contribution in [0.15, 0.2) is 57.4 Å². The maximum Gasteiger partial charge on any atom is 0.233 e. The molecule has 4 nitrogen and oxygen atoms in total. The summed E-state index contributed by atoms with van der Waals surface area (Å²) in [5.41, 5.74) is 1.06. The Bertz CT molecular complexity index is 730. The van der Waals surface area contributed by atoms with Crippen molar-refractivity contribution in [3.63, 3.8) is 0 Å². The second-order valence-electron chi connectivity index (χ2n) is 6.27. The lowest BCUT2D eigenvalue weighted by molar-refractivity contribution is -0.150. The summed E-state index contributed by atoms with van der Waals surface area (Å²) >= 11 is 3.36. The fourth-order valence-electron chi connectivity index (χ4n) is 3.37. The predicted molar refractivity (Wildman–Crippen MR) is 104 cm³/mol. The van der Waals surface area contributed by atoms with Crippen molar-refractivity contribution in [3.8, 4) is 0 Å². The number of benzene rings is 1. The number of thioether (sulfide) groups is 2. The van der Waals surface area contributed by atoms with Gasteiger partial charge < -0.3 is 10.2 Å². The first-order valence-corrected chi connectivity index (χ1v) is 10.1. The molecule has 3 atom stereocenters. The van der Waals surface area contributed by atoms with E-state index < -0.39 is 0 Å². The average molecular weight is 375 g/mol. The number of amides is 2. The Labute approximate surface area is 157 Å². The van der Waals surface area contributed by atoms with Gasteiger partial charge in [-0.25, -0.2) is 0 Å². The molecule has 0 saturated carbocycles. The number of β-lactam (4-membered cyclic amide) rings is 1. The van der Waals surface area contributed by atoms with Crippen molar-refractivity contribution >= 4 is 35.3 Å². The van der Waals surface area contributed by atoms with Gasteiger partial charge in [0.25, 0.3) is 0 Å². The predicted octanol–water partition coefficient (Wildman–Crippen LogP) is 3.97. The monoisotopic (exact) mass is 374 g/mol. The molecule has 2 amide bonds. The highest BCUT2D eigenvalue weighted by Gasteiger charge is 2.54. The highest BCUT2D eigenvalue weighted by molar-refractivity contribution is 8.05. The van der Waals surface area contributed by atoms with Crippen LogP contribution >= 0.6 is 23.5 Å². The molecule has 132 valence electrons. The molecule has 0 unspecified atom stereocenters. The number of nitrogens with one attached hydrogen (secondary N) is 1. The van der Waals surface area contributed by atoms with Crippen LogP contribution in [0.2, 0.25) is 0 Å². The van der Waals surface area contributed by atoms with Gasteiger partial charge in [0.05, 0.1) is 12.0 Å². The third kappa shape index (κ3) is 3.80. The van der Waals surface area contributed by atoms with Crippen molar-refractivity contribution in [2.24, 2.45) is 5.92 Å². The van der Waals surface area contributed by atoms with Crippen molar-refractivity contribution in [1.82, 2.24) is 10.2 Å². The van der Waals surface area contributed by atoms with Gasteiger partial charge in [0, 0.05) is 40.3 Å². The number of allylic oxidation sites excluding steroid dienone is 1. The number of nitrogens with zero attached hydrogens (tertiary/aromatic N) is 1. The van der Waals surface area contributed by atoms with Crippen molar-refractivity contribution in [3.05, 3.63) is 52.5 Å². The molecule has 1 aromatic carbocycles. The molecule has 3 rings (SSSR count). The van der Waals surface area contributed by atoms with E-state index in [1.54, 1.807) is 29.7 Å². The Hall–Kier alpha value is -1.66. The molecule has 1 N–H and O–H groups in total. The van der Waals surface area contributed by atoms with Crippen LogP contribution in [0.3, 0.4) is 0 Å². The molecule has 1 fully saturated rings. The van der Waals surface area contributed by atoms with E-state index in [1.165, 1.54) is 16.7 Å². The summed E-state index contributed by atoms with van der Waals surface area (Å²) in [6, 6.07) is 10.5. The zero-order valence-electron chi connectivity index (χ0n) is 14.6. The lowest BCUT2D eigenvalue weighted by Crippen LogP contribution is -2.60. The minimum absolute atomic E-state index is 0.0672. The molecule has 1 saturated heterocycles. The van der Waals surface area contributed by atoms with E-state index in [9.17, 15) is 9.59 Å². The van der Waals surface area contributed by atoms with Gasteiger partial charge in [0.1, 0.15) is 0 Å². The van der Waals surface area contributed by atoms with Crippen LogP contribution in [-0.4, -0.2) is 28.0 Å². The summed E-state index contributed by atoms with van der Waals surface area (Å²) in [7, 11) is 0. The number of carbonyl (C=O) groups is 2. The van der Waals surface area contributed by atoms with Crippen LogP contribution in [0.1, 0.15) is 27.2 Å². The molecule has 2 aliphatic rings. The molecular weight excluding hydrogens is 352 g/mol. The lowest BCUT2D eigenvalue weighted by atomic mass is 9.85. The molecule has 1 aromatic rings. The maximum absolute atomic E-state index is 12.6. The fourth-order valence-corrected chi connectivity index (χ4v) is 5.40. The van der Waals surface area contributed by atoms with Gasteiger partial charge in [-0.2, -0.15) is 0 Å². The second-order valence-corrected chi connectivity index (χ2v) is 8.72. The normalized spacial score (nSPS) is 23.6. The van der Waals surface area contributed by atoms with Crippen LogP contribution in [0.5, 0.6) is 0 Å². The number of rotatable bonds is 6. The topological polar surface area (TPSA) is 49.4 Å². The summed E-state index contributed by atoms with van der Waals surface area (Å²) in [4.78, 5) is 27.9. The molecule has 2 heterocycles. The van der Waals surface area contributed by atoms with Crippen LogP contribution in [-0.2, 0) is 9.59 Å². The zero-order valence-corrected chi connectivity index (χ0v) is 16.2. The quantitative estimate of drug-likeness (QED) is 0.605. The van der Waals surface area contributed by atoms with Gasteiger partial charge in [-0.15, -0.1) is 11.8 Å². The van der Waals surface area contributed by atoms with Crippen LogP contribution in [0.4, 0.5) is 0 Å². The van der Waals surface area contributed by atoms with Crippen LogP contribution < -0.4 is 5.32 Å². The number of hydrogen-bond donors (Lipinski definition) is 1. The van der Waals surface area contributed by atoms with Crippen molar-refractivity contribution in [2.75, 3.05) is 0 Å². The molecule has 2 aliphatic heterocycles. The third-order valence-electron chi connectivity index (χ3n) is 4.56. The highest BCUT2D eigenvalue weighted by atomic mass is 32.2. The van der Waals surface area contributed by atoms with Crippen LogP contribution in [0.25, 0.3) is 0 Å². The van der Waals surface area contributed by atoms with E-state index in [4.69, 9.17) is 0 Å². The molecule has 6 heteroatoms. The van der Waals surface area contributed by atoms with Crippen LogP contribution in [0, 0.1) is 5.92 Å².